The topological polar surface area (TPSA) is 75.7 Å². The molecule has 0 radical (unpaired) electrons. The molecule has 0 unspecified atom stereocenters. The van der Waals surface area contributed by atoms with Gasteiger partial charge in [0, 0.05) is 13.1 Å². The van der Waals surface area contributed by atoms with Crippen molar-refractivity contribution in [1.29, 1.82) is 0 Å². The van der Waals surface area contributed by atoms with E-state index in [0.29, 0.717) is 26.2 Å². The molecule has 8 heteroatoms. The number of hydrogen-bond acceptors (Lipinski definition) is 5. The molecule has 0 saturated carbocycles. The number of carbonyl (C=O) groups excluding carboxylic acids is 1. The van der Waals surface area contributed by atoms with Gasteiger partial charge in [-0.25, -0.2) is 8.42 Å². The number of benzene rings is 1. The van der Waals surface area contributed by atoms with E-state index in [1.54, 1.807) is 5.38 Å². The van der Waals surface area contributed by atoms with Gasteiger partial charge in [0.15, 0.2) is 0 Å². The maximum absolute atomic E-state index is 12.7. The predicted molar refractivity (Wildman–Crippen MR) is 101 cm³/mol. The summed E-state index contributed by atoms with van der Waals surface area (Å²) in [4.78, 5) is 12.7. The minimum Gasteiger partial charge on any atom is -0.492 e. The van der Waals surface area contributed by atoms with Crippen LogP contribution in [0.1, 0.15) is 28.1 Å². The normalized spacial score (nSPS) is 15.1. The van der Waals surface area contributed by atoms with Crippen molar-refractivity contribution in [2.24, 2.45) is 0 Å². The van der Waals surface area contributed by atoms with Crippen molar-refractivity contribution in [3.8, 4) is 5.75 Å². The zero-order chi connectivity index (χ0) is 18.6. The van der Waals surface area contributed by atoms with Gasteiger partial charge < -0.3 is 10.1 Å². The van der Waals surface area contributed by atoms with Gasteiger partial charge in [-0.1, -0.05) is 17.7 Å². The van der Waals surface area contributed by atoms with E-state index < -0.39 is 10.0 Å². The summed E-state index contributed by atoms with van der Waals surface area (Å²) in [6.45, 7) is 3.65. The molecule has 26 heavy (non-hydrogen) atoms. The number of thiophene rings is 1. The van der Waals surface area contributed by atoms with Crippen LogP contribution in [-0.2, 0) is 10.0 Å². The van der Waals surface area contributed by atoms with E-state index in [9.17, 15) is 13.2 Å². The molecular formula is C18H22N2O4S2. The van der Waals surface area contributed by atoms with E-state index in [-0.39, 0.29) is 15.7 Å². The average Bonchev–Trinajstić information content (AvgIpc) is 3.31. The minimum absolute atomic E-state index is 0.0985. The Morgan fingerprint density at radius 2 is 1.88 bits per heavy atom. The molecule has 1 aromatic heterocycles. The molecule has 2 heterocycles. The van der Waals surface area contributed by atoms with Gasteiger partial charge in [0.1, 0.15) is 22.1 Å². The van der Waals surface area contributed by atoms with Gasteiger partial charge in [0.05, 0.1) is 6.54 Å². The zero-order valence-electron chi connectivity index (χ0n) is 14.6. The molecule has 2 aromatic rings. The molecule has 1 aliphatic rings. The summed E-state index contributed by atoms with van der Waals surface area (Å²) in [7, 11) is -3.60. The van der Waals surface area contributed by atoms with E-state index in [2.05, 4.69) is 5.32 Å². The molecule has 0 spiro atoms. The summed E-state index contributed by atoms with van der Waals surface area (Å²) in [6.07, 6.45) is 1.72. The maximum Gasteiger partial charge on any atom is 0.262 e. The van der Waals surface area contributed by atoms with Gasteiger partial charge >= 0.3 is 0 Å². The highest BCUT2D eigenvalue weighted by Crippen LogP contribution is 2.27. The Balaban J connectivity index is 1.57. The molecule has 1 N–H and O–H groups in total. The first-order valence-corrected chi connectivity index (χ1v) is 10.9. The van der Waals surface area contributed by atoms with Crippen molar-refractivity contribution in [2.45, 2.75) is 24.7 Å². The van der Waals surface area contributed by atoms with E-state index in [1.165, 1.54) is 10.4 Å². The third-order valence-corrected chi connectivity index (χ3v) is 7.18. The lowest BCUT2D eigenvalue weighted by atomic mass is 10.2. The summed E-state index contributed by atoms with van der Waals surface area (Å²) in [5, 5.41) is 4.37. The SMILES string of the molecule is Cc1ccc(OCCNC(=O)c2sccc2S(=O)(=O)N2CCCC2)cc1. The number of sulfonamides is 1. The minimum atomic E-state index is -3.60. The molecule has 0 aliphatic carbocycles. The zero-order valence-corrected chi connectivity index (χ0v) is 16.2. The molecule has 1 fully saturated rings. The number of rotatable bonds is 7. The van der Waals surface area contributed by atoms with Crippen molar-refractivity contribution in [3.05, 3.63) is 46.2 Å². The highest BCUT2D eigenvalue weighted by atomic mass is 32.2. The number of nitrogens with zero attached hydrogens (tertiary/aromatic N) is 1. The van der Waals surface area contributed by atoms with Gasteiger partial charge in [-0.05, 0) is 43.3 Å². The van der Waals surface area contributed by atoms with Gasteiger partial charge in [-0.3, -0.25) is 4.79 Å². The van der Waals surface area contributed by atoms with E-state index in [0.717, 1.165) is 35.5 Å². The third kappa shape index (κ3) is 4.25. The Bertz CT molecular complexity index is 854. The van der Waals surface area contributed by atoms with Crippen LogP contribution >= 0.6 is 11.3 Å². The Morgan fingerprint density at radius 1 is 1.19 bits per heavy atom. The fourth-order valence-corrected chi connectivity index (χ4v) is 5.62. The molecule has 6 nitrogen and oxygen atoms in total. The molecular weight excluding hydrogens is 372 g/mol. The quantitative estimate of drug-likeness (QED) is 0.733. The average molecular weight is 395 g/mol. The monoisotopic (exact) mass is 394 g/mol. The predicted octanol–water partition coefficient (Wildman–Crippen LogP) is 2.65. The number of ether oxygens (including phenoxy) is 1. The first-order valence-electron chi connectivity index (χ1n) is 8.54. The van der Waals surface area contributed by atoms with Crippen LogP contribution in [0.25, 0.3) is 0 Å². The number of aryl methyl sites for hydroxylation is 1. The Kier molecular flexibility index (Phi) is 5.95. The number of hydrogen-bond donors (Lipinski definition) is 1. The summed E-state index contributed by atoms with van der Waals surface area (Å²) in [5.41, 5.74) is 1.15. The number of carbonyl (C=O) groups is 1. The fraction of sp³-hybridized carbons (Fsp3) is 0.389. The number of nitrogens with one attached hydrogen (secondary N) is 1. The molecule has 3 rings (SSSR count). The largest absolute Gasteiger partial charge is 0.492 e. The van der Waals surface area contributed by atoms with Crippen LogP contribution in [0.3, 0.4) is 0 Å². The van der Waals surface area contributed by atoms with Crippen LogP contribution in [-0.4, -0.2) is 44.9 Å². The second kappa shape index (κ2) is 8.20. The lowest BCUT2D eigenvalue weighted by Gasteiger charge is -2.15. The first-order chi connectivity index (χ1) is 12.5. The Hall–Kier alpha value is -1.90. The van der Waals surface area contributed by atoms with Crippen molar-refractivity contribution in [3.63, 3.8) is 0 Å². The van der Waals surface area contributed by atoms with Crippen LogP contribution in [0, 0.1) is 6.92 Å². The van der Waals surface area contributed by atoms with Crippen molar-refractivity contribution < 1.29 is 17.9 Å². The van der Waals surface area contributed by atoms with Gasteiger partial charge in [0.2, 0.25) is 10.0 Å². The highest BCUT2D eigenvalue weighted by molar-refractivity contribution is 7.89. The highest BCUT2D eigenvalue weighted by Gasteiger charge is 2.31. The molecule has 1 aromatic carbocycles. The van der Waals surface area contributed by atoms with E-state index in [1.807, 2.05) is 31.2 Å². The number of amides is 1. The van der Waals surface area contributed by atoms with Gasteiger partial charge in [-0.15, -0.1) is 11.3 Å². The molecule has 140 valence electrons. The first kappa shape index (κ1) is 18.9. The van der Waals surface area contributed by atoms with Crippen LogP contribution in [0.15, 0.2) is 40.6 Å². The second-order valence-electron chi connectivity index (χ2n) is 6.14. The third-order valence-electron chi connectivity index (χ3n) is 4.20. The van der Waals surface area contributed by atoms with E-state index in [4.69, 9.17) is 4.74 Å². The van der Waals surface area contributed by atoms with Crippen molar-refractivity contribution in [2.75, 3.05) is 26.2 Å². The van der Waals surface area contributed by atoms with Crippen molar-refractivity contribution >= 4 is 27.3 Å². The van der Waals surface area contributed by atoms with Crippen LogP contribution < -0.4 is 10.1 Å². The fourth-order valence-electron chi connectivity index (χ4n) is 2.78. The van der Waals surface area contributed by atoms with Gasteiger partial charge in [-0.2, -0.15) is 4.31 Å². The van der Waals surface area contributed by atoms with Crippen LogP contribution in [0.2, 0.25) is 0 Å². The van der Waals surface area contributed by atoms with E-state index >= 15 is 0 Å². The second-order valence-corrected chi connectivity index (χ2v) is 8.97. The summed E-state index contributed by atoms with van der Waals surface area (Å²) in [6, 6.07) is 9.16. The van der Waals surface area contributed by atoms with Crippen molar-refractivity contribution in [1.82, 2.24) is 9.62 Å². The Morgan fingerprint density at radius 3 is 2.58 bits per heavy atom. The molecule has 0 bridgehead atoms. The summed E-state index contributed by atoms with van der Waals surface area (Å²) in [5.74, 6) is 0.351. The lowest BCUT2D eigenvalue weighted by molar-refractivity contribution is 0.0948. The lowest BCUT2D eigenvalue weighted by Crippen LogP contribution is -2.31. The van der Waals surface area contributed by atoms with Crippen LogP contribution in [0.5, 0.6) is 5.75 Å². The molecule has 1 saturated heterocycles. The molecule has 1 aliphatic heterocycles. The summed E-state index contributed by atoms with van der Waals surface area (Å²) >= 11 is 1.14. The maximum atomic E-state index is 12.7. The smallest absolute Gasteiger partial charge is 0.262 e. The Labute approximate surface area is 157 Å². The molecule has 0 atom stereocenters. The molecule has 1 amide bonds. The summed E-state index contributed by atoms with van der Waals surface area (Å²) < 4.78 is 32.4. The van der Waals surface area contributed by atoms with Gasteiger partial charge in [0.25, 0.3) is 5.91 Å². The standard InChI is InChI=1S/C18H22N2O4S2/c1-14-4-6-15(7-5-14)24-12-9-19-18(21)17-16(8-13-25-17)26(22,23)20-10-2-3-11-20/h4-8,13H,2-3,9-12H2,1H3,(H,19,21). The van der Waals surface area contributed by atoms with Crippen LogP contribution in [0.4, 0.5) is 0 Å².